The third kappa shape index (κ3) is 5.21. The number of benzene rings is 1. The van der Waals surface area contributed by atoms with E-state index in [4.69, 9.17) is 15.2 Å². The molecule has 0 saturated carbocycles. The number of hydrogen-bond donors (Lipinski definition) is 1. The molecular formula is C18H22N2O3. The van der Waals surface area contributed by atoms with Crippen molar-refractivity contribution in [3.05, 3.63) is 65.1 Å². The van der Waals surface area contributed by atoms with E-state index in [-0.39, 0.29) is 5.56 Å². The zero-order valence-electron chi connectivity index (χ0n) is 13.3. The highest BCUT2D eigenvalue weighted by atomic mass is 16.5. The first-order valence-corrected chi connectivity index (χ1v) is 7.51. The van der Waals surface area contributed by atoms with E-state index >= 15 is 0 Å². The van der Waals surface area contributed by atoms with Gasteiger partial charge in [-0.3, -0.25) is 4.79 Å². The minimum atomic E-state index is -0.138. The molecule has 1 heterocycles. The Morgan fingerprint density at radius 2 is 1.96 bits per heavy atom. The molecule has 2 aromatic rings. The highest BCUT2D eigenvalue weighted by Gasteiger charge is 2.04. The van der Waals surface area contributed by atoms with Gasteiger partial charge in [-0.15, -0.1) is 0 Å². The standard InChI is InChI=1S/C18H22N2O3/c1-14(2)13-23-17-5-3-10-20(18(17)21)11-4-12-22-16-8-6-15(19)7-9-16/h3,5-10H,1,4,11-13,19H2,2H3. The number of nitrogens with two attached hydrogens (primary N) is 1. The molecule has 0 atom stereocenters. The molecule has 0 radical (unpaired) electrons. The van der Waals surface area contributed by atoms with Gasteiger partial charge in [0.25, 0.3) is 5.56 Å². The summed E-state index contributed by atoms with van der Waals surface area (Å²) in [5, 5.41) is 0. The van der Waals surface area contributed by atoms with Crippen LogP contribution in [0.25, 0.3) is 0 Å². The number of nitrogens with zero attached hydrogens (tertiary/aromatic N) is 1. The van der Waals surface area contributed by atoms with Crippen molar-refractivity contribution in [2.75, 3.05) is 18.9 Å². The zero-order valence-corrected chi connectivity index (χ0v) is 13.3. The Morgan fingerprint density at radius 1 is 1.22 bits per heavy atom. The van der Waals surface area contributed by atoms with Crippen molar-refractivity contribution >= 4 is 5.69 Å². The number of rotatable bonds is 8. The van der Waals surface area contributed by atoms with Crippen LogP contribution >= 0.6 is 0 Å². The lowest BCUT2D eigenvalue weighted by Gasteiger charge is -2.10. The summed E-state index contributed by atoms with van der Waals surface area (Å²) in [4.78, 5) is 12.2. The molecule has 5 heteroatoms. The van der Waals surface area contributed by atoms with Crippen LogP contribution in [0.15, 0.2) is 59.5 Å². The Hall–Kier alpha value is -2.69. The predicted octanol–water partition coefficient (Wildman–Crippen LogP) is 2.85. The maximum atomic E-state index is 12.2. The molecule has 0 unspecified atom stereocenters. The number of pyridine rings is 1. The molecule has 0 spiro atoms. The topological polar surface area (TPSA) is 66.5 Å². The quantitative estimate of drug-likeness (QED) is 0.462. The molecule has 2 rings (SSSR count). The van der Waals surface area contributed by atoms with Crippen molar-refractivity contribution in [2.24, 2.45) is 0 Å². The molecule has 0 aliphatic carbocycles. The molecule has 23 heavy (non-hydrogen) atoms. The number of nitrogen functional groups attached to an aromatic ring is 1. The average molecular weight is 314 g/mol. The van der Waals surface area contributed by atoms with Gasteiger partial charge >= 0.3 is 0 Å². The second kappa shape index (κ2) is 8.08. The van der Waals surface area contributed by atoms with Crippen LogP contribution < -0.4 is 20.8 Å². The van der Waals surface area contributed by atoms with E-state index < -0.39 is 0 Å². The molecule has 0 bridgehead atoms. The fraction of sp³-hybridized carbons (Fsp3) is 0.278. The Kier molecular flexibility index (Phi) is 5.86. The van der Waals surface area contributed by atoms with Crippen molar-refractivity contribution in [3.8, 4) is 11.5 Å². The Labute approximate surface area is 136 Å². The summed E-state index contributed by atoms with van der Waals surface area (Å²) in [7, 11) is 0. The third-order valence-electron chi connectivity index (χ3n) is 3.15. The fourth-order valence-electron chi connectivity index (χ4n) is 1.99. The summed E-state index contributed by atoms with van der Waals surface area (Å²) in [6.45, 7) is 7.05. The highest BCUT2D eigenvalue weighted by Crippen LogP contribution is 2.13. The van der Waals surface area contributed by atoms with Crippen LogP contribution in [0.4, 0.5) is 5.69 Å². The minimum Gasteiger partial charge on any atom is -0.494 e. The van der Waals surface area contributed by atoms with Gasteiger partial charge in [-0.25, -0.2) is 0 Å². The molecule has 2 N–H and O–H groups in total. The first-order valence-electron chi connectivity index (χ1n) is 7.51. The monoisotopic (exact) mass is 314 g/mol. The molecule has 1 aromatic heterocycles. The lowest BCUT2D eigenvalue weighted by molar-refractivity contribution is 0.299. The molecule has 0 fully saturated rings. The predicted molar refractivity (Wildman–Crippen MR) is 92.0 cm³/mol. The largest absolute Gasteiger partial charge is 0.494 e. The molecule has 122 valence electrons. The van der Waals surface area contributed by atoms with Crippen LogP contribution in [0, 0.1) is 0 Å². The SMILES string of the molecule is C=C(C)COc1cccn(CCCOc2ccc(N)cc2)c1=O. The van der Waals surface area contributed by atoms with Crippen LogP contribution in [0.1, 0.15) is 13.3 Å². The lowest BCUT2D eigenvalue weighted by atomic mass is 10.3. The highest BCUT2D eigenvalue weighted by molar-refractivity contribution is 5.41. The zero-order chi connectivity index (χ0) is 16.7. The van der Waals surface area contributed by atoms with Crippen molar-refractivity contribution in [3.63, 3.8) is 0 Å². The van der Waals surface area contributed by atoms with Gasteiger partial charge in [0, 0.05) is 18.4 Å². The van der Waals surface area contributed by atoms with Crippen LogP contribution in [-0.2, 0) is 6.54 Å². The fourth-order valence-corrected chi connectivity index (χ4v) is 1.99. The summed E-state index contributed by atoms with van der Waals surface area (Å²) < 4.78 is 12.7. The molecule has 1 aromatic carbocycles. The van der Waals surface area contributed by atoms with Gasteiger partial charge in [0.2, 0.25) is 0 Å². The van der Waals surface area contributed by atoms with Crippen molar-refractivity contribution < 1.29 is 9.47 Å². The number of hydrogen-bond acceptors (Lipinski definition) is 4. The Balaban J connectivity index is 1.85. The molecular weight excluding hydrogens is 292 g/mol. The number of anilines is 1. The summed E-state index contributed by atoms with van der Waals surface area (Å²) in [6.07, 6.45) is 2.47. The van der Waals surface area contributed by atoms with E-state index in [1.165, 1.54) is 0 Å². The van der Waals surface area contributed by atoms with Gasteiger partial charge in [-0.05, 0) is 55.3 Å². The summed E-state index contributed by atoms with van der Waals surface area (Å²) in [6, 6.07) is 10.7. The summed E-state index contributed by atoms with van der Waals surface area (Å²) >= 11 is 0. The normalized spacial score (nSPS) is 10.3. The van der Waals surface area contributed by atoms with E-state index in [2.05, 4.69) is 6.58 Å². The van der Waals surface area contributed by atoms with Crippen LogP contribution in [-0.4, -0.2) is 17.8 Å². The third-order valence-corrected chi connectivity index (χ3v) is 3.15. The number of aromatic nitrogens is 1. The number of ether oxygens (including phenoxy) is 2. The van der Waals surface area contributed by atoms with E-state index in [1.807, 2.05) is 19.1 Å². The van der Waals surface area contributed by atoms with Gasteiger partial charge in [0.15, 0.2) is 5.75 Å². The van der Waals surface area contributed by atoms with Gasteiger partial charge in [0.1, 0.15) is 12.4 Å². The van der Waals surface area contributed by atoms with Gasteiger partial charge in [0.05, 0.1) is 6.61 Å². The molecule has 0 aliphatic rings. The van der Waals surface area contributed by atoms with Crippen molar-refractivity contribution in [1.29, 1.82) is 0 Å². The minimum absolute atomic E-state index is 0.138. The average Bonchev–Trinajstić information content (AvgIpc) is 2.53. The molecule has 0 aliphatic heterocycles. The van der Waals surface area contributed by atoms with Crippen molar-refractivity contribution in [2.45, 2.75) is 19.9 Å². The van der Waals surface area contributed by atoms with Gasteiger partial charge in [-0.1, -0.05) is 6.58 Å². The van der Waals surface area contributed by atoms with Gasteiger partial charge in [-0.2, -0.15) is 0 Å². The maximum Gasteiger partial charge on any atom is 0.292 e. The molecule has 0 saturated heterocycles. The molecule has 0 amide bonds. The van der Waals surface area contributed by atoms with Crippen LogP contribution in [0.2, 0.25) is 0 Å². The number of aryl methyl sites for hydroxylation is 1. The van der Waals surface area contributed by atoms with Crippen LogP contribution in [0.5, 0.6) is 11.5 Å². The second-order valence-corrected chi connectivity index (χ2v) is 5.39. The van der Waals surface area contributed by atoms with Gasteiger partial charge < -0.3 is 19.8 Å². The Morgan fingerprint density at radius 3 is 2.65 bits per heavy atom. The van der Waals surface area contributed by atoms with Crippen molar-refractivity contribution in [1.82, 2.24) is 4.57 Å². The van der Waals surface area contributed by atoms with Crippen LogP contribution in [0.3, 0.4) is 0 Å². The van der Waals surface area contributed by atoms with E-state index in [0.29, 0.717) is 37.6 Å². The second-order valence-electron chi connectivity index (χ2n) is 5.39. The lowest BCUT2D eigenvalue weighted by Crippen LogP contribution is -2.22. The maximum absolute atomic E-state index is 12.2. The van der Waals surface area contributed by atoms with E-state index in [0.717, 1.165) is 11.3 Å². The first kappa shape index (κ1) is 16.7. The smallest absolute Gasteiger partial charge is 0.292 e. The molecule has 5 nitrogen and oxygen atoms in total. The summed E-state index contributed by atoms with van der Waals surface area (Å²) in [5.74, 6) is 1.11. The first-order chi connectivity index (χ1) is 11.1. The Bertz CT molecular complexity index is 705. The van der Waals surface area contributed by atoms with E-state index in [9.17, 15) is 4.79 Å². The summed E-state index contributed by atoms with van der Waals surface area (Å²) in [5.41, 5.74) is 7.06. The van der Waals surface area contributed by atoms with E-state index in [1.54, 1.807) is 35.0 Å².